The predicted octanol–water partition coefficient (Wildman–Crippen LogP) is 2.37. The van der Waals surface area contributed by atoms with E-state index < -0.39 is 0 Å². The van der Waals surface area contributed by atoms with E-state index in [1.54, 1.807) is 11.9 Å². The molecule has 0 spiro atoms. The first-order chi connectivity index (χ1) is 7.47. The summed E-state index contributed by atoms with van der Waals surface area (Å²) in [6, 6.07) is 3.65. The van der Waals surface area contributed by atoms with Gasteiger partial charge in [-0.15, -0.1) is 0 Å². The third-order valence-electron chi connectivity index (χ3n) is 2.77. The molecule has 0 aliphatic rings. The van der Waals surface area contributed by atoms with E-state index in [-0.39, 0.29) is 6.03 Å². The van der Waals surface area contributed by atoms with Crippen LogP contribution in [0, 0.1) is 13.8 Å². The van der Waals surface area contributed by atoms with Crippen LogP contribution in [0.2, 0.25) is 0 Å². The van der Waals surface area contributed by atoms with Gasteiger partial charge in [0.1, 0.15) is 0 Å². The first-order valence-corrected chi connectivity index (χ1v) is 5.35. The molecule has 16 heavy (non-hydrogen) atoms. The van der Waals surface area contributed by atoms with E-state index in [0.717, 1.165) is 16.8 Å². The molecule has 0 aliphatic heterocycles. The van der Waals surface area contributed by atoms with Gasteiger partial charge in [-0.3, -0.25) is 0 Å². The predicted molar refractivity (Wildman–Crippen MR) is 67.7 cm³/mol. The molecule has 1 aromatic carbocycles. The van der Waals surface area contributed by atoms with Gasteiger partial charge in [-0.2, -0.15) is 0 Å². The smallest absolute Gasteiger partial charge is 0.321 e. The fourth-order valence-corrected chi connectivity index (χ4v) is 1.40. The second kappa shape index (κ2) is 4.88. The fourth-order valence-electron chi connectivity index (χ4n) is 1.40. The van der Waals surface area contributed by atoms with Crippen LogP contribution in [0.15, 0.2) is 12.1 Å². The molecule has 0 aliphatic carbocycles. The van der Waals surface area contributed by atoms with Crippen molar-refractivity contribution in [3.8, 4) is 0 Å². The van der Waals surface area contributed by atoms with Crippen molar-refractivity contribution in [2.24, 2.45) is 0 Å². The SMILES string of the molecule is CCN(C)C(=O)Nc1c(C)ccc(N)c1C. The summed E-state index contributed by atoms with van der Waals surface area (Å²) in [5.41, 5.74) is 9.25. The van der Waals surface area contributed by atoms with Crippen molar-refractivity contribution in [3.05, 3.63) is 23.3 Å². The largest absolute Gasteiger partial charge is 0.398 e. The van der Waals surface area contributed by atoms with E-state index in [4.69, 9.17) is 5.73 Å². The molecule has 0 aromatic heterocycles. The molecular formula is C12H19N3O. The molecule has 0 unspecified atom stereocenters. The van der Waals surface area contributed by atoms with Gasteiger partial charge < -0.3 is 16.0 Å². The molecule has 0 heterocycles. The number of urea groups is 1. The van der Waals surface area contributed by atoms with Crippen molar-refractivity contribution in [2.45, 2.75) is 20.8 Å². The maximum Gasteiger partial charge on any atom is 0.321 e. The maximum atomic E-state index is 11.7. The minimum Gasteiger partial charge on any atom is -0.398 e. The van der Waals surface area contributed by atoms with Crippen molar-refractivity contribution in [2.75, 3.05) is 24.6 Å². The molecule has 4 heteroatoms. The van der Waals surface area contributed by atoms with Crippen LogP contribution < -0.4 is 11.1 Å². The van der Waals surface area contributed by atoms with Crippen LogP contribution in [0.1, 0.15) is 18.1 Å². The van der Waals surface area contributed by atoms with E-state index in [1.807, 2.05) is 32.9 Å². The Morgan fingerprint density at radius 2 is 2.06 bits per heavy atom. The quantitative estimate of drug-likeness (QED) is 0.753. The van der Waals surface area contributed by atoms with Gasteiger partial charge in [-0.25, -0.2) is 4.79 Å². The molecule has 0 saturated carbocycles. The summed E-state index contributed by atoms with van der Waals surface area (Å²) in [6.07, 6.45) is 0. The lowest BCUT2D eigenvalue weighted by atomic mass is 10.1. The van der Waals surface area contributed by atoms with Crippen LogP contribution in [-0.4, -0.2) is 24.5 Å². The van der Waals surface area contributed by atoms with E-state index in [9.17, 15) is 4.79 Å². The zero-order chi connectivity index (χ0) is 12.3. The van der Waals surface area contributed by atoms with Crippen molar-refractivity contribution in [1.29, 1.82) is 0 Å². The average Bonchev–Trinajstić information content (AvgIpc) is 2.28. The van der Waals surface area contributed by atoms with Crippen molar-refractivity contribution in [1.82, 2.24) is 4.90 Å². The lowest BCUT2D eigenvalue weighted by molar-refractivity contribution is 0.224. The Kier molecular flexibility index (Phi) is 3.77. The molecule has 1 rings (SSSR count). The Hall–Kier alpha value is -1.71. The highest BCUT2D eigenvalue weighted by Crippen LogP contribution is 2.25. The second-order valence-corrected chi connectivity index (χ2v) is 3.92. The Labute approximate surface area is 96.4 Å². The minimum absolute atomic E-state index is 0.112. The number of aryl methyl sites for hydroxylation is 1. The van der Waals surface area contributed by atoms with Gasteiger partial charge in [0.25, 0.3) is 0 Å². The highest BCUT2D eigenvalue weighted by molar-refractivity contribution is 5.91. The molecule has 2 amide bonds. The Balaban J connectivity index is 2.97. The molecule has 0 fully saturated rings. The Morgan fingerprint density at radius 3 is 2.62 bits per heavy atom. The first kappa shape index (κ1) is 12.4. The average molecular weight is 221 g/mol. The number of nitrogens with one attached hydrogen (secondary N) is 1. The number of nitrogen functional groups attached to an aromatic ring is 1. The molecule has 4 nitrogen and oxygen atoms in total. The van der Waals surface area contributed by atoms with Gasteiger partial charge in [-0.05, 0) is 38.0 Å². The normalized spacial score (nSPS) is 10.0. The molecule has 1 aromatic rings. The standard InChI is InChI=1S/C12H19N3O/c1-5-15(4)12(16)14-11-8(2)6-7-10(13)9(11)3/h6-7H,5,13H2,1-4H3,(H,14,16). The zero-order valence-electron chi connectivity index (χ0n) is 10.3. The number of nitrogens with two attached hydrogens (primary N) is 1. The van der Waals surface area contributed by atoms with Crippen LogP contribution in [0.25, 0.3) is 0 Å². The monoisotopic (exact) mass is 221 g/mol. The van der Waals surface area contributed by atoms with Crippen molar-refractivity contribution >= 4 is 17.4 Å². The number of nitrogens with zero attached hydrogens (tertiary/aromatic N) is 1. The molecule has 0 bridgehead atoms. The summed E-state index contributed by atoms with van der Waals surface area (Å²) < 4.78 is 0. The van der Waals surface area contributed by atoms with Crippen LogP contribution in [0.3, 0.4) is 0 Å². The number of hydrogen-bond acceptors (Lipinski definition) is 2. The summed E-state index contributed by atoms with van der Waals surface area (Å²) in [4.78, 5) is 13.3. The van der Waals surface area contributed by atoms with E-state index in [2.05, 4.69) is 5.32 Å². The lowest BCUT2D eigenvalue weighted by Crippen LogP contribution is -2.31. The van der Waals surface area contributed by atoms with Crippen LogP contribution in [0.5, 0.6) is 0 Å². The summed E-state index contributed by atoms with van der Waals surface area (Å²) in [5, 5.41) is 2.88. The number of rotatable bonds is 2. The molecular weight excluding hydrogens is 202 g/mol. The van der Waals surface area contributed by atoms with Crippen molar-refractivity contribution < 1.29 is 4.79 Å². The minimum atomic E-state index is -0.112. The summed E-state index contributed by atoms with van der Waals surface area (Å²) in [7, 11) is 1.76. The van der Waals surface area contributed by atoms with E-state index >= 15 is 0 Å². The molecule has 0 atom stereocenters. The second-order valence-electron chi connectivity index (χ2n) is 3.92. The number of benzene rings is 1. The topological polar surface area (TPSA) is 58.4 Å². The third-order valence-corrected chi connectivity index (χ3v) is 2.77. The van der Waals surface area contributed by atoms with Gasteiger partial charge in [0.15, 0.2) is 0 Å². The van der Waals surface area contributed by atoms with Gasteiger partial charge in [-0.1, -0.05) is 6.07 Å². The highest BCUT2D eigenvalue weighted by Gasteiger charge is 2.11. The summed E-state index contributed by atoms with van der Waals surface area (Å²) >= 11 is 0. The highest BCUT2D eigenvalue weighted by atomic mass is 16.2. The Morgan fingerprint density at radius 1 is 1.44 bits per heavy atom. The number of amides is 2. The van der Waals surface area contributed by atoms with Crippen LogP contribution in [0.4, 0.5) is 16.2 Å². The van der Waals surface area contributed by atoms with Gasteiger partial charge in [0.2, 0.25) is 0 Å². The molecule has 0 radical (unpaired) electrons. The first-order valence-electron chi connectivity index (χ1n) is 5.35. The van der Waals surface area contributed by atoms with Gasteiger partial charge >= 0.3 is 6.03 Å². The van der Waals surface area contributed by atoms with Gasteiger partial charge in [0.05, 0.1) is 5.69 Å². The fraction of sp³-hybridized carbons (Fsp3) is 0.417. The Bertz CT molecular complexity index is 401. The molecule has 3 N–H and O–H groups in total. The lowest BCUT2D eigenvalue weighted by Gasteiger charge is -2.18. The van der Waals surface area contributed by atoms with Crippen LogP contribution in [-0.2, 0) is 0 Å². The summed E-state index contributed by atoms with van der Waals surface area (Å²) in [5.74, 6) is 0. The zero-order valence-corrected chi connectivity index (χ0v) is 10.3. The number of carbonyl (C=O) groups is 1. The van der Waals surface area contributed by atoms with E-state index in [0.29, 0.717) is 12.2 Å². The molecule has 0 saturated heterocycles. The number of anilines is 2. The van der Waals surface area contributed by atoms with Gasteiger partial charge in [0, 0.05) is 19.3 Å². The van der Waals surface area contributed by atoms with Crippen molar-refractivity contribution in [3.63, 3.8) is 0 Å². The maximum absolute atomic E-state index is 11.7. The third kappa shape index (κ3) is 2.45. The number of carbonyl (C=O) groups excluding carboxylic acids is 1. The van der Waals surface area contributed by atoms with E-state index in [1.165, 1.54) is 0 Å². The molecule has 88 valence electrons. The van der Waals surface area contributed by atoms with Crippen LogP contribution >= 0.6 is 0 Å². The summed E-state index contributed by atoms with van der Waals surface area (Å²) in [6.45, 7) is 6.46. The number of hydrogen-bond donors (Lipinski definition) is 2.